The minimum Gasteiger partial charge on any atom is -0.253 e. The number of aryl methyl sites for hydroxylation is 1. The summed E-state index contributed by atoms with van der Waals surface area (Å²) in [6.07, 6.45) is 1.15. The van der Waals surface area contributed by atoms with Crippen molar-refractivity contribution >= 4 is 38.6 Å². The zero-order chi connectivity index (χ0) is 11.3. The van der Waals surface area contributed by atoms with Crippen LogP contribution in [0.2, 0.25) is 0 Å². The number of halogens is 1. The SMILES string of the molecule is Cc1nc2ccc(Br)cc2c2c1C[C@H](C)S2. The second-order valence-electron chi connectivity index (χ2n) is 4.30. The topological polar surface area (TPSA) is 12.9 Å². The van der Waals surface area contributed by atoms with Gasteiger partial charge in [0.15, 0.2) is 0 Å². The number of benzene rings is 1. The maximum absolute atomic E-state index is 4.69. The molecule has 0 bridgehead atoms. The molecule has 3 heteroatoms. The summed E-state index contributed by atoms with van der Waals surface area (Å²) >= 11 is 5.52. The van der Waals surface area contributed by atoms with Gasteiger partial charge in [-0.15, -0.1) is 11.8 Å². The molecule has 0 fully saturated rings. The van der Waals surface area contributed by atoms with Crippen LogP contribution >= 0.6 is 27.7 Å². The van der Waals surface area contributed by atoms with E-state index in [1.54, 1.807) is 0 Å². The summed E-state index contributed by atoms with van der Waals surface area (Å²) in [6, 6.07) is 6.34. The summed E-state index contributed by atoms with van der Waals surface area (Å²) in [5.74, 6) is 0. The third-order valence-electron chi connectivity index (χ3n) is 3.01. The average molecular weight is 294 g/mol. The van der Waals surface area contributed by atoms with Crippen LogP contribution in [0.25, 0.3) is 10.9 Å². The van der Waals surface area contributed by atoms with Gasteiger partial charge in [-0.25, -0.2) is 0 Å². The zero-order valence-electron chi connectivity index (χ0n) is 9.25. The number of fused-ring (bicyclic) bond motifs is 3. The number of rotatable bonds is 0. The first kappa shape index (κ1) is 10.6. The van der Waals surface area contributed by atoms with Crippen LogP contribution in [0.5, 0.6) is 0 Å². The highest BCUT2D eigenvalue weighted by Crippen LogP contribution is 2.42. The number of aromatic nitrogens is 1. The fourth-order valence-electron chi connectivity index (χ4n) is 2.27. The maximum atomic E-state index is 4.69. The summed E-state index contributed by atoms with van der Waals surface area (Å²) < 4.78 is 1.13. The van der Waals surface area contributed by atoms with Crippen LogP contribution in [0, 0.1) is 6.92 Å². The molecule has 1 aromatic heterocycles. The fourth-order valence-corrected chi connectivity index (χ4v) is 3.95. The van der Waals surface area contributed by atoms with Crippen molar-refractivity contribution < 1.29 is 0 Å². The Morgan fingerprint density at radius 1 is 1.44 bits per heavy atom. The van der Waals surface area contributed by atoms with Crippen molar-refractivity contribution in [2.24, 2.45) is 0 Å². The molecule has 1 aliphatic rings. The molecule has 1 aromatic carbocycles. The van der Waals surface area contributed by atoms with Gasteiger partial charge in [-0.1, -0.05) is 22.9 Å². The van der Waals surface area contributed by atoms with Crippen LogP contribution < -0.4 is 0 Å². The number of nitrogens with zero attached hydrogens (tertiary/aromatic N) is 1. The smallest absolute Gasteiger partial charge is 0.0717 e. The Kier molecular flexibility index (Phi) is 2.48. The molecule has 82 valence electrons. The van der Waals surface area contributed by atoms with Crippen LogP contribution in [0.3, 0.4) is 0 Å². The van der Waals surface area contributed by atoms with Crippen molar-refractivity contribution in [1.82, 2.24) is 4.98 Å². The van der Waals surface area contributed by atoms with Gasteiger partial charge in [0, 0.05) is 25.7 Å². The molecule has 1 aliphatic heterocycles. The Morgan fingerprint density at radius 3 is 3.06 bits per heavy atom. The molecule has 1 atom stereocenters. The van der Waals surface area contributed by atoms with Gasteiger partial charge >= 0.3 is 0 Å². The van der Waals surface area contributed by atoms with Crippen LogP contribution in [0.1, 0.15) is 18.2 Å². The summed E-state index contributed by atoms with van der Waals surface area (Å²) in [5.41, 5.74) is 3.76. The van der Waals surface area contributed by atoms with Gasteiger partial charge in [0.1, 0.15) is 0 Å². The number of hydrogen-bond donors (Lipinski definition) is 0. The van der Waals surface area contributed by atoms with Crippen molar-refractivity contribution in [3.8, 4) is 0 Å². The zero-order valence-corrected chi connectivity index (χ0v) is 11.7. The first-order valence-electron chi connectivity index (χ1n) is 5.40. The molecule has 2 heterocycles. The molecule has 1 nitrogen and oxygen atoms in total. The molecule has 0 unspecified atom stereocenters. The standard InChI is InChI=1S/C13H12BrNS/c1-7-5-10-8(2)15-12-4-3-9(14)6-11(12)13(10)16-7/h3-4,6-7H,5H2,1-2H3/t7-/m0/s1. The van der Waals surface area contributed by atoms with Gasteiger partial charge in [0.25, 0.3) is 0 Å². The van der Waals surface area contributed by atoms with E-state index >= 15 is 0 Å². The minimum absolute atomic E-state index is 0.681. The van der Waals surface area contributed by atoms with Crippen molar-refractivity contribution in [1.29, 1.82) is 0 Å². The van der Waals surface area contributed by atoms with Gasteiger partial charge in [-0.2, -0.15) is 0 Å². The van der Waals surface area contributed by atoms with E-state index in [1.165, 1.54) is 21.5 Å². The van der Waals surface area contributed by atoms with E-state index in [0.717, 1.165) is 16.4 Å². The van der Waals surface area contributed by atoms with Gasteiger partial charge in [-0.3, -0.25) is 4.98 Å². The van der Waals surface area contributed by atoms with Gasteiger partial charge in [0.05, 0.1) is 5.52 Å². The molecule has 0 radical (unpaired) electrons. The first-order valence-corrected chi connectivity index (χ1v) is 7.08. The predicted octanol–water partition coefficient (Wildman–Crippen LogP) is 4.34. The third kappa shape index (κ3) is 1.57. The maximum Gasteiger partial charge on any atom is 0.0717 e. The molecule has 16 heavy (non-hydrogen) atoms. The van der Waals surface area contributed by atoms with E-state index in [1.807, 2.05) is 11.8 Å². The van der Waals surface area contributed by atoms with E-state index in [4.69, 9.17) is 0 Å². The van der Waals surface area contributed by atoms with Crippen LogP contribution in [0.4, 0.5) is 0 Å². The molecule has 3 rings (SSSR count). The highest BCUT2D eigenvalue weighted by atomic mass is 79.9. The molecule has 2 aromatic rings. The van der Waals surface area contributed by atoms with Gasteiger partial charge in [0.2, 0.25) is 0 Å². The lowest BCUT2D eigenvalue weighted by molar-refractivity contribution is 0.936. The molecular weight excluding hydrogens is 282 g/mol. The normalized spacial score (nSPS) is 19.1. The summed E-state index contributed by atoms with van der Waals surface area (Å²) in [6.45, 7) is 4.41. The second kappa shape index (κ2) is 3.74. The van der Waals surface area contributed by atoms with Crippen LogP contribution in [-0.2, 0) is 6.42 Å². The highest BCUT2D eigenvalue weighted by Gasteiger charge is 2.23. The first-order chi connectivity index (χ1) is 7.65. The third-order valence-corrected chi connectivity index (χ3v) is 4.78. The predicted molar refractivity (Wildman–Crippen MR) is 73.2 cm³/mol. The Balaban J connectivity index is 2.38. The minimum atomic E-state index is 0.681. The number of hydrogen-bond acceptors (Lipinski definition) is 2. The Hall–Kier alpha value is -0.540. The molecule has 0 saturated heterocycles. The molecule has 0 aliphatic carbocycles. The van der Waals surface area contributed by atoms with E-state index in [2.05, 4.69) is 53.0 Å². The molecule has 0 N–H and O–H groups in total. The number of pyridine rings is 1. The highest BCUT2D eigenvalue weighted by molar-refractivity contribution is 9.10. The Morgan fingerprint density at radius 2 is 2.25 bits per heavy atom. The quantitative estimate of drug-likeness (QED) is 0.716. The van der Waals surface area contributed by atoms with Crippen molar-refractivity contribution in [2.75, 3.05) is 0 Å². The molecule has 0 spiro atoms. The summed E-state index contributed by atoms with van der Waals surface area (Å²) in [4.78, 5) is 6.13. The van der Waals surface area contributed by atoms with E-state index in [0.29, 0.717) is 5.25 Å². The second-order valence-corrected chi connectivity index (χ2v) is 6.66. The number of thioether (sulfide) groups is 1. The van der Waals surface area contributed by atoms with Crippen molar-refractivity contribution in [2.45, 2.75) is 30.4 Å². The summed E-state index contributed by atoms with van der Waals surface area (Å²) in [5, 5.41) is 1.98. The lowest BCUT2D eigenvalue weighted by Crippen LogP contribution is -1.96. The Labute approximate surface area is 108 Å². The monoisotopic (exact) mass is 293 g/mol. The fraction of sp³-hybridized carbons (Fsp3) is 0.308. The van der Waals surface area contributed by atoms with Crippen molar-refractivity contribution in [3.63, 3.8) is 0 Å². The van der Waals surface area contributed by atoms with E-state index in [-0.39, 0.29) is 0 Å². The lowest BCUT2D eigenvalue weighted by Gasteiger charge is -2.07. The molecule has 0 saturated carbocycles. The van der Waals surface area contributed by atoms with Gasteiger partial charge in [-0.05, 0) is 37.1 Å². The largest absolute Gasteiger partial charge is 0.253 e. The Bertz CT molecular complexity index is 580. The van der Waals surface area contributed by atoms with E-state index < -0.39 is 0 Å². The summed E-state index contributed by atoms with van der Waals surface area (Å²) in [7, 11) is 0. The van der Waals surface area contributed by atoms with E-state index in [9.17, 15) is 0 Å². The molecule has 0 amide bonds. The van der Waals surface area contributed by atoms with Crippen LogP contribution in [-0.4, -0.2) is 10.2 Å². The van der Waals surface area contributed by atoms with Gasteiger partial charge < -0.3 is 0 Å². The van der Waals surface area contributed by atoms with Crippen molar-refractivity contribution in [3.05, 3.63) is 33.9 Å². The lowest BCUT2D eigenvalue weighted by atomic mass is 10.1. The average Bonchev–Trinajstić information content (AvgIpc) is 2.62. The van der Waals surface area contributed by atoms with Crippen LogP contribution in [0.15, 0.2) is 27.6 Å². The molecular formula is C13H12BrNS.